The predicted octanol–water partition coefficient (Wildman–Crippen LogP) is 7.00. The zero-order valence-electron chi connectivity index (χ0n) is 22.6. The van der Waals surface area contributed by atoms with Gasteiger partial charge in [0.2, 0.25) is 5.88 Å². The van der Waals surface area contributed by atoms with Crippen LogP contribution in [-0.4, -0.2) is 19.2 Å². The summed E-state index contributed by atoms with van der Waals surface area (Å²) in [5.74, 6) is 1.34. The van der Waals surface area contributed by atoms with Gasteiger partial charge in [-0.1, -0.05) is 49.7 Å². The van der Waals surface area contributed by atoms with Crippen molar-refractivity contribution in [2.24, 2.45) is 11.7 Å². The van der Waals surface area contributed by atoms with Crippen LogP contribution in [-0.2, 0) is 4.79 Å². The van der Waals surface area contributed by atoms with E-state index in [1.165, 1.54) is 6.08 Å². The molecule has 1 unspecified atom stereocenters. The van der Waals surface area contributed by atoms with Gasteiger partial charge in [-0.3, -0.25) is 0 Å². The van der Waals surface area contributed by atoms with Crippen molar-refractivity contribution in [3.05, 3.63) is 99.9 Å². The number of fused-ring (bicyclic) bond motifs is 1. The van der Waals surface area contributed by atoms with Gasteiger partial charge in [0.15, 0.2) is 11.5 Å². The Morgan fingerprint density at radius 2 is 1.88 bits per heavy atom. The molecule has 0 fully saturated rings. The van der Waals surface area contributed by atoms with Crippen LogP contribution in [0.4, 0.5) is 0 Å². The number of carbonyl (C=O) groups excluding carboxylic acids is 1. The van der Waals surface area contributed by atoms with Gasteiger partial charge in [-0.15, -0.1) is 0 Å². The zero-order chi connectivity index (χ0) is 28.6. The number of nitrogens with two attached hydrogens (primary N) is 1. The fourth-order valence-corrected chi connectivity index (χ4v) is 4.35. The first-order chi connectivity index (χ1) is 19.3. The number of hydrogen-bond acceptors (Lipinski definition) is 7. The average Bonchev–Trinajstić information content (AvgIpc) is 2.92. The largest absolute Gasteiger partial charge is 0.490 e. The van der Waals surface area contributed by atoms with Crippen molar-refractivity contribution >= 4 is 23.6 Å². The van der Waals surface area contributed by atoms with Gasteiger partial charge in [-0.2, -0.15) is 5.26 Å². The van der Waals surface area contributed by atoms with Crippen LogP contribution in [0.2, 0.25) is 5.02 Å². The second-order valence-corrected chi connectivity index (χ2v) is 10.0. The number of esters is 1. The molecule has 1 aliphatic heterocycles. The first-order valence-corrected chi connectivity index (χ1v) is 13.4. The van der Waals surface area contributed by atoms with E-state index in [0.717, 1.165) is 17.5 Å². The van der Waals surface area contributed by atoms with Crippen molar-refractivity contribution in [3.8, 4) is 29.1 Å². The molecular formula is C32H31ClN2O5. The summed E-state index contributed by atoms with van der Waals surface area (Å²) in [6.07, 6.45) is 3.88. The maximum atomic E-state index is 12.4. The Labute approximate surface area is 239 Å². The molecule has 1 atom stereocenters. The van der Waals surface area contributed by atoms with E-state index in [1.807, 2.05) is 25.1 Å². The number of nitrogens with zero attached hydrogens (tertiary/aromatic N) is 1. The highest BCUT2D eigenvalue weighted by atomic mass is 35.5. The van der Waals surface area contributed by atoms with E-state index in [2.05, 4.69) is 19.9 Å². The first kappa shape index (κ1) is 28.6. The highest BCUT2D eigenvalue weighted by Gasteiger charge is 2.31. The number of ether oxygens (including phenoxy) is 4. The highest BCUT2D eigenvalue weighted by molar-refractivity contribution is 6.30. The van der Waals surface area contributed by atoms with Crippen LogP contribution in [0.3, 0.4) is 0 Å². The van der Waals surface area contributed by atoms with Crippen LogP contribution in [0.1, 0.15) is 49.8 Å². The lowest BCUT2D eigenvalue weighted by Gasteiger charge is -2.27. The summed E-state index contributed by atoms with van der Waals surface area (Å²) in [6, 6.07) is 19.9. The van der Waals surface area contributed by atoms with E-state index in [0.29, 0.717) is 47.0 Å². The third kappa shape index (κ3) is 6.96. The summed E-state index contributed by atoms with van der Waals surface area (Å²) in [5.41, 5.74) is 8.76. The van der Waals surface area contributed by atoms with Crippen molar-refractivity contribution in [2.45, 2.75) is 33.1 Å². The van der Waals surface area contributed by atoms with E-state index in [9.17, 15) is 10.1 Å². The SMILES string of the molecule is CCOc1cc(C2C(C#N)=C(N)Oc3cc(OC(=O)/C=C/c4ccc(Cl)cc4)ccc32)ccc1OCCC(C)C. The molecule has 206 valence electrons. The molecule has 1 heterocycles. The van der Waals surface area contributed by atoms with Gasteiger partial charge >= 0.3 is 5.97 Å². The summed E-state index contributed by atoms with van der Waals surface area (Å²) in [6.45, 7) is 7.22. The van der Waals surface area contributed by atoms with Crippen molar-refractivity contribution in [2.75, 3.05) is 13.2 Å². The minimum absolute atomic E-state index is 0.0127. The third-order valence-corrected chi connectivity index (χ3v) is 6.50. The summed E-state index contributed by atoms with van der Waals surface area (Å²) < 4.78 is 23.1. The maximum Gasteiger partial charge on any atom is 0.336 e. The molecule has 4 rings (SSSR count). The lowest BCUT2D eigenvalue weighted by atomic mass is 9.83. The summed E-state index contributed by atoms with van der Waals surface area (Å²) in [7, 11) is 0. The lowest BCUT2D eigenvalue weighted by molar-refractivity contribution is -0.128. The Morgan fingerprint density at radius 1 is 1.10 bits per heavy atom. The number of hydrogen-bond donors (Lipinski definition) is 1. The molecule has 3 aromatic rings. The van der Waals surface area contributed by atoms with Crippen LogP contribution in [0.15, 0.2) is 78.2 Å². The molecule has 3 aromatic carbocycles. The van der Waals surface area contributed by atoms with E-state index < -0.39 is 11.9 Å². The van der Waals surface area contributed by atoms with Gasteiger partial charge in [-0.25, -0.2) is 4.79 Å². The van der Waals surface area contributed by atoms with E-state index >= 15 is 0 Å². The molecule has 1 aliphatic rings. The number of allylic oxidation sites excluding steroid dienone is 1. The Kier molecular flexibility index (Phi) is 9.36. The van der Waals surface area contributed by atoms with Crippen LogP contribution in [0, 0.1) is 17.2 Å². The normalized spacial score (nSPS) is 14.4. The minimum Gasteiger partial charge on any atom is -0.490 e. The van der Waals surface area contributed by atoms with Gasteiger partial charge in [0.05, 0.1) is 19.1 Å². The van der Waals surface area contributed by atoms with Gasteiger partial charge < -0.3 is 24.7 Å². The molecular weight excluding hydrogens is 528 g/mol. The van der Waals surface area contributed by atoms with Gasteiger partial charge in [0.25, 0.3) is 0 Å². The monoisotopic (exact) mass is 558 g/mol. The maximum absolute atomic E-state index is 12.4. The molecule has 0 bridgehead atoms. The minimum atomic E-state index is -0.558. The molecule has 0 saturated heterocycles. The lowest BCUT2D eigenvalue weighted by Crippen LogP contribution is -2.21. The molecule has 8 heteroatoms. The number of carbonyl (C=O) groups is 1. The molecule has 0 radical (unpaired) electrons. The van der Waals surface area contributed by atoms with E-state index in [4.69, 9.17) is 36.3 Å². The molecule has 0 saturated carbocycles. The Balaban J connectivity index is 1.60. The fraction of sp³-hybridized carbons (Fsp3) is 0.250. The summed E-state index contributed by atoms with van der Waals surface area (Å²) in [5, 5.41) is 10.6. The predicted molar refractivity (Wildman–Crippen MR) is 154 cm³/mol. The van der Waals surface area contributed by atoms with Gasteiger partial charge in [-0.05, 0) is 66.8 Å². The molecule has 0 aromatic heterocycles. The van der Waals surface area contributed by atoms with Crippen LogP contribution < -0.4 is 24.7 Å². The molecule has 2 N–H and O–H groups in total. The van der Waals surface area contributed by atoms with Crippen molar-refractivity contribution < 1.29 is 23.7 Å². The molecule has 0 amide bonds. The first-order valence-electron chi connectivity index (χ1n) is 13.1. The summed E-state index contributed by atoms with van der Waals surface area (Å²) >= 11 is 5.90. The van der Waals surface area contributed by atoms with Gasteiger partial charge in [0.1, 0.15) is 23.1 Å². The number of rotatable bonds is 10. The number of halogens is 1. The fourth-order valence-electron chi connectivity index (χ4n) is 4.23. The summed E-state index contributed by atoms with van der Waals surface area (Å²) in [4.78, 5) is 12.4. The number of benzene rings is 3. The quantitative estimate of drug-likeness (QED) is 0.162. The standard InChI is InChI=1S/C32H31ClN2O5/c1-4-37-29-17-22(8-13-27(29)38-16-15-20(2)3)31-25-12-11-24(18-28(25)40-32(35)26(31)19-34)39-30(36)14-7-21-5-9-23(33)10-6-21/h5-14,17-18,20,31H,4,15-16,35H2,1-3H3/b14-7+. The smallest absolute Gasteiger partial charge is 0.336 e. The second-order valence-electron chi connectivity index (χ2n) is 9.60. The molecule has 0 spiro atoms. The second kappa shape index (κ2) is 13.1. The van der Waals surface area contributed by atoms with Crippen molar-refractivity contribution in [1.82, 2.24) is 0 Å². The van der Waals surface area contributed by atoms with Gasteiger partial charge in [0, 0.05) is 22.7 Å². The Bertz CT molecular complexity index is 1470. The Hall–Kier alpha value is -4.41. The highest BCUT2D eigenvalue weighted by Crippen LogP contribution is 2.45. The van der Waals surface area contributed by atoms with Crippen molar-refractivity contribution in [3.63, 3.8) is 0 Å². The number of nitriles is 1. The molecule has 0 aliphatic carbocycles. The zero-order valence-corrected chi connectivity index (χ0v) is 23.4. The van der Waals surface area contributed by atoms with E-state index in [-0.39, 0.29) is 17.2 Å². The molecule has 40 heavy (non-hydrogen) atoms. The van der Waals surface area contributed by atoms with Crippen LogP contribution in [0.5, 0.6) is 23.0 Å². The van der Waals surface area contributed by atoms with Crippen LogP contribution in [0.25, 0.3) is 6.08 Å². The van der Waals surface area contributed by atoms with Crippen molar-refractivity contribution in [1.29, 1.82) is 5.26 Å². The topological polar surface area (TPSA) is 104 Å². The van der Waals surface area contributed by atoms with Crippen LogP contribution >= 0.6 is 11.6 Å². The third-order valence-electron chi connectivity index (χ3n) is 6.24. The Morgan fingerprint density at radius 3 is 2.58 bits per heavy atom. The van der Waals surface area contributed by atoms with E-state index in [1.54, 1.807) is 48.5 Å². The average molecular weight is 559 g/mol. The molecule has 7 nitrogen and oxygen atoms in total.